The van der Waals surface area contributed by atoms with E-state index in [0.717, 1.165) is 0 Å². The minimum Gasteiger partial charge on any atom is -0.417 e. The van der Waals surface area contributed by atoms with Gasteiger partial charge < -0.3 is 17.5 Å². The van der Waals surface area contributed by atoms with Gasteiger partial charge >= 0.3 is 8.80 Å². The summed E-state index contributed by atoms with van der Waals surface area (Å²) in [6, 6.07) is 0.690. The van der Waals surface area contributed by atoms with Gasteiger partial charge in [0.15, 0.2) is 25.0 Å². The monoisotopic (exact) mass is 382 g/mol. The molecule has 0 atom stereocenters. The van der Waals surface area contributed by atoms with Crippen molar-refractivity contribution in [3.8, 4) is 0 Å². The standard InChI is InChI=1S/C14H38O4Si4/c1-14(2,15)12-13-22(16-19(3,4)5,17-20(6,7)8)18-21(9,10)11/h15H,12-13H2,1-11H3. The quantitative estimate of drug-likeness (QED) is 0.590. The SMILES string of the molecule is CC(C)(O)CC[Si](O[Si](C)(C)C)(O[Si](C)(C)C)O[Si](C)(C)C. The lowest BCUT2D eigenvalue weighted by Gasteiger charge is -2.43. The van der Waals surface area contributed by atoms with Crippen LogP contribution in [-0.2, 0) is 12.3 Å². The van der Waals surface area contributed by atoms with E-state index in [0.29, 0.717) is 12.5 Å². The van der Waals surface area contributed by atoms with Gasteiger partial charge in [-0.25, -0.2) is 0 Å². The summed E-state index contributed by atoms with van der Waals surface area (Å²) >= 11 is 0. The minimum absolute atomic E-state index is 0.638. The summed E-state index contributed by atoms with van der Waals surface area (Å²) in [6.45, 7) is 23.3. The first-order valence-corrected chi connectivity index (χ1v) is 20.3. The van der Waals surface area contributed by atoms with Crippen molar-refractivity contribution in [2.24, 2.45) is 0 Å². The Hall–Kier alpha value is 0.708. The zero-order valence-electron chi connectivity index (χ0n) is 16.6. The number of hydrogen-bond donors (Lipinski definition) is 1. The Morgan fingerprint density at radius 3 is 1.14 bits per heavy atom. The van der Waals surface area contributed by atoms with Gasteiger partial charge in [0.05, 0.1) is 5.60 Å². The predicted octanol–water partition coefficient (Wildman–Crippen LogP) is 4.64. The van der Waals surface area contributed by atoms with Crippen LogP contribution in [0, 0.1) is 0 Å². The zero-order chi connectivity index (χ0) is 18.0. The number of aliphatic hydroxyl groups is 1. The highest BCUT2D eigenvalue weighted by Crippen LogP contribution is 2.31. The molecule has 0 rings (SSSR count). The van der Waals surface area contributed by atoms with Crippen LogP contribution in [0.15, 0.2) is 0 Å². The van der Waals surface area contributed by atoms with Gasteiger partial charge in [-0.2, -0.15) is 0 Å². The van der Waals surface area contributed by atoms with Crippen molar-refractivity contribution in [2.75, 3.05) is 0 Å². The van der Waals surface area contributed by atoms with Crippen LogP contribution >= 0.6 is 0 Å². The van der Waals surface area contributed by atoms with E-state index in [1.807, 2.05) is 13.8 Å². The summed E-state index contributed by atoms with van der Waals surface area (Å²) < 4.78 is 19.7. The van der Waals surface area contributed by atoms with Gasteiger partial charge in [-0.15, -0.1) is 0 Å². The maximum Gasteiger partial charge on any atom is 0.469 e. The first-order chi connectivity index (χ1) is 9.33. The van der Waals surface area contributed by atoms with E-state index < -0.39 is 39.4 Å². The molecule has 0 bridgehead atoms. The van der Waals surface area contributed by atoms with Crippen molar-refractivity contribution in [2.45, 2.75) is 90.8 Å². The Balaban J connectivity index is 5.58. The van der Waals surface area contributed by atoms with Gasteiger partial charge in [-0.3, -0.25) is 0 Å². The summed E-state index contributed by atoms with van der Waals surface area (Å²) in [5, 5.41) is 10.2. The molecular formula is C14H38O4Si4. The molecule has 0 aliphatic heterocycles. The fourth-order valence-corrected chi connectivity index (χ4v) is 17.0. The van der Waals surface area contributed by atoms with Crippen molar-refractivity contribution in [3.63, 3.8) is 0 Å². The third kappa shape index (κ3) is 12.2. The van der Waals surface area contributed by atoms with Crippen LogP contribution < -0.4 is 0 Å². The van der Waals surface area contributed by atoms with E-state index in [-0.39, 0.29) is 0 Å². The molecule has 0 aromatic carbocycles. The van der Waals surface area contributed by atoms with Gasteiger partial charge in [0, 0.05) is 6.04 Å². The Morgan fingerprint density at radius 1 is 0.682 bits per heavy atom. The van der Waals surface area contributed by atoms with Crippen LogP contribution in [-0.4, -0.2) is 44.5 Å². The highest BCUT2D eigenvalue weighted by Gasteiger charge is 2.50. The van der Waals surface area contributed by atoms with Crippen molar-refractivity contribution >= 4 is 33.8 Å². The van der Waals surface area contributed by atoms with Gasteiger partial charge in [-0.05, 0) is 79.2 Å². The van der Waals surface area contributed by atoms with Crippen molar-refractivity contribution in [3.05, 3.63) is 0 Å². The lowest BCUT2D eigenvalue weighted by Crippen LogP contribution is -2.60. The van der Waals surface area contributed by atoms with Crippen molar-refractivity contribution in [1.29, 1.82) is 0 Å². The fraction of sp³-hybridized carbons (Fsp3) is 1.00. The summed E-state index contributed by atoms with van der Waals surface area (Å²) in [7, 11) is -8.23. The molecule has 0 saturated heterocycles. The van der Waals surface area contributed by atoms with E-state index in [9.17, 15) is 5.11 Å². The van der Waals surface area contributed by atoms with Crippen molar-refractivity contribution < 1.29 is 17.5 Å². The van der Waals surface area contributed by atoms with Crippen LogP contribution in [0.4, 0.5) is 0 Å². The zero-order valence-corrected chi connectivity index (χ0v) is 20.6. The average Bonchev–Trinajstić information content (AvgIpc) is 2.04. The second-order valence-electron chi connectivity index (χ2n) is 9.64. The summed E-state index contributed by atoms with van der Waals surface area (Å²) in [5.74, 6) is 0. The van der Waals surface area contributed by atoms with E-state index in [2.05, 4.69) is 58.9 Å². The number of rotatable bonds is 9. The molecule has 0 aromatic heterocycles. The molecule has 22 heavy (non-hydrogen) atoms. The lowest BCUT2D eigenvalue weighted by atomic mass is 10.1. The lowest BCUT2D eigenvalue weighted by molar-refractivity contribution is 0.0713. The Labute approximate surface area is 142 Å². The van der Waals surface area contributed by atoms with E-state index >= 15 is 0 Å². The van der Waals surface area contributed by atoms with Crippen molar-refractivity contribution in [1.82, 2.24) is 0 Å². The molecule has 0 unspecified atom stereocenters. The molecule has 0 aliphatic carbocycles. The molecule has 0 aliphatic rings. The van der Waals surface area contributed by atoms with Crippen LogP contribution in [0.25, 0.3) is 0 Å². The van der Waals surface area contributed by atoms with Crippen LogP contribution in [0.3, 0.4) is 0 Å². The molecular weight excluding hydrogens is 344 g/mol. The molecule has 1 N–H and O–H groups in total. The molecule has 0 amide bonds. The van der Waals surface area contributed by atoms with Crippen LogP contribution in [0.1, 0.15) is 20.3 Å². The van der Waals surface area contributed by atoms with E-state index in [1.54, 1.807) is 0 Å². The molecule has 4 nitrogen and oxygen atoms in total. The fourth-order valence-electron chi connectivity index (χ4n) is 2.07. The first kappa shape index (κ1) is 22.7. The molecule has 134 valence electrons. The summed E-state index contributed by atoms with van der Waals surface area (Å²) in [5.41, 5.74) is -0.730. The molecule has 0 spiro atoms. The molecule has 8 heteroatoms. The Kier molecular flexibility index (Phi) is 7.54. The van der Waals surface area contributed by atoms with E-state index in [1.165, 1.54) is 0 Å². The van der Waals surface area contributed by atoms with E-state index in [4.69, 9.17) is 12.3 Å². The van der Waals surface area contributed by atoms with Crippen LogP contribution in [0.2, 0.25) is 65.0 Å². The van der Waals surface area contributed by atoms with Gasteiger partial charge in [0.25, 0.3) is 0 Å². The highest BCUT2D eigenvalue weighted by atomic mass is 28.5. The topological polar surface area (TPSA) is 47.9 Å². The molecule has 0 heterocycles. The highest BCUT2D eigenvalue weighted by molar-refractivity contribution is 6.90. The molecule has 0 aromatic rings. The third-order valence-electron chi connectivity index (χ3n) is 2.43. The first-order valence-electron chi connectivity index (χ1n) is 8.16. The second kappa shape index (κ2) is 7.30. The summed E-state index contributed by atoms with van der Waals surface area (Å²) in [6.07, 6.45) is 0.638. The Bertz CT molecular complexity index is 307. The summed E-state index contributed by atoms with van der Waals surface area (Å²) in [4.78, 5) is 0. The van der Waals surface area contributed by atoms with Gasteiger partial charge in [0.2, 0.25) is 0 Å². The van der Waals surface area contributed by atoms with Gasteiger partial charge in [0.1, 0.15) is 0 Å². The molecule has 0 saturated carbocycles. The Morgan fingerprint density at radius 2 is 0.955 bits per heavy atom. The number of hydrogen-bond acceptors (Lipinski definition) is 4. The third-order valence-corrected chi connectivity index (χ3v) is 14.4. The normalized spacial score (nSPS) is 15.3. The maximum absolute atomic E-state index is 10.2. The molecule has 0 radical (unpaired) electrons. The van der Waals surface area contributed by atoms with Gasteiger partial charge in [-0.1, -0.05) is 0 Å². The average molecular weight is 383 g/mol. The smallest absolute Gasteiger partial charge is 0.417 e. The minimum atomic E-state index is -2.79. The van der Waals surface area contributed by atoms with Crippen LogP contribution in [0.5, 0.6) is 0 Å². The largest absolute Gasteiger partial charge is 0.469 e. The molecule has 0 fully saturated rings. The predicted molar refractivity (Wildman–Crippen MR) is 105 cm³/mol. The second-order valence-corrected chi connectivity index (χ2v) is 26.6. The maximum atomic E-state index is 10.2.